The van der Waals surface area contributed by atoms with Crippen LogP contribution >= 0.6 is 0 Å². The van der Waals surface area contributed by atoms with Crippen LogP contribution in [0, 0.1) is 0 Å². The van der Waals surface area contributed by atoms with Crippen LogP contribution in [0.15, 0.2) is 18.3 Å². The topological polar surface area (TPSA) is 54.5 Å². The van der Waals surface area contributed by atoms with Crippen LogP contribution in [0.4, 0.5) is 5.69 Å². The molecule has 20 heavy (non-hydrogen) atoms. The molecule has 0 aliphatic carbocycles. The van der Waals surface area contributed by atoms with Crippen molar-refractivity contribution in [2.75, 3.05) is 25.0 Å². The maximum Gasteiger partial charge on any atom is 0.272 e. The van der Waals surface area contributed by atoms with Gasteiger partial charge >= 0.3 is 0 Å². The van der Waals surface area contributed by atoms with E-state index >= 15 is 0 Å². The summed E-state index contributed by atoms with van der Waals surface area (Å²) in [4.78, 5) is 18.5. The van der Waals surface area contributed by atoms with E-state index in [-0.39, 0.29) is 18.1 Å². The predicted octanol–water partition coefficient (Wildman–Crippen LogP) is 2.15. The van der Waals surface area contributed by atoms with E-state index in [1.165, 1.54) is 0 Å². The second-order valence-corrected chi connectivity index (χ2v) is 5.32. The van der Waals surface area contributed by atoms with Crippen LogP contribution in [0.5, 0.6) is 0 Å². The number of aromatic nitrogens is 1. The van der Waals surface area contributed by atoms with E-state index in [4.69, 9.17) is 4.74 Å². The summed E-state index contributed by atoms with van der Waals surface area (Å²) in [7, 11) is 0. The van der Waals surface area contributed by atoms with Crippen LogP contribution in [0.2, 0.25) is 0 Å². The van der Waals surface area contributed by atoms with Gasteiger partial charge in [-0.25, -0.2) is 0 Å². The van der Waals surface area contributed by atoms with E-state index in [9.17, 15) is 4.79 Å². The molecule has 1 aromatic rings. The highest BCUT2D eigenvalue weighted by atomic mass is 16.5. The minimum Gasteiger partial charge on any atom is -0.385 e. The molecule has 2 atom stereocenters. The molecule has 2 rings (SSSR count). The summed E-state index contributed by atoms with van der Waals surface area (Å²) in [6.07, 6.45) is 2.87. The molecule has 0 saturated carbocycles. The lowest BCUT2D eigenvalue weighted by atomic mass is 10.2. The lowest BCUT2D eigenvalue weighted by Crippen LogP contribution is -2.48. The molecule has 0 aromatic carbocycles. The predicted molar refractivity (Wildman–Crippen MR) is 78.9 cm³/mol. The summed E-state index contributed by atoms with van der Waals surface area (Å²) < 4.78 is 5.65. The molecule has 1 N–H and O–H groups in total. The Morgan fingerprint density at radius 2 is 2.15 bits per heavy atom. The van der Waals surface area contributed by atoms with Crippen LogP contribution < -0.4 is 5.32 Å². The van der Waals surface area contributed by atoms with Gasteiger partial charge < -0.3 is 15.0 Å². The maximum atomic E-state index is 12.5. The van der Waals surface area contributed by atoms with Crippen LogP contribution in [0.1, 0.15) is 37.7 Å². The molecule has 1 saturated heterocycles. The monoisotopic (exact) mass is 277 g/mol. The molecule has 0 bridgehead atoms. The number of morpholine rings is 1. The number of carbonyl (C=O) groups is 1. The van der Waals surface area contributed by atoms with Gasteiger partial charge in [0.2, 0.25) is 0 Å². The van der Waals surface area contributed by atoms with Crippen molar-refractivity contribution in [1.82, 2.24) is 9.88 Å². The Kier molecular flexibility index (Phi) is 4.95. The number of ether oxygens (including phenoxy) is 1. The molecule has 2 heterocycles. The highest BCUT2D eigenvalue weighted by molar-refractivity contribution is 5.93. The second kappa shape index (κ2) is 6.70. The van der Waals surface area contributed by atoms with E-state index < -0.39 is 0 Å². The molecule has 1 aliphatic heterocycles. The Labute approximate surface area is 120 Å². The zero-order chi connectivity index (χ0) is 14.5. The summed E-state index contributed by atoms with van der Waals surface area (Å²) in [6.45, 7) is 8.22. The molecule has 1 aromatic heterocycles. The van der Waals surface area contributed by atoms with Gasteiger partial charge in [0.25, 0.3) is 5.91 Å². The van der Waals surface area contributed by atoms with E-state index in [2.05, 4.69) is 17.2 Å². The fourth-order valence-corrected chi connectivity index (χ4v) is 2.43. The average Bonchev–Trinajstić information content (AvgIpc) is 2.43. The van der Waals surface area contributed by atoms with E-state index in [0.29, 0.717) is 18.8 Å². The number of nitrogens with one attached hydrogen (secondary N) is 1. The second-order valence-electron chi connectivity index (χ2n) is 5.32. The molecule has 0 spiro atoms. The fraction of sp³-hybridized carbons (Fsp3) is 0.600. The first-order chi connectivity index (χ1) is 9.60. The first kappa shape index (κ1) is 14.8. The largest absolute Gasteiger partial charge is 0.385 e. The molecule has 1 fully saturated rings. The standard InChI is InChI=1S/C15H23N3O2/c1-4-6-16-13-5-7-17-14(8-13)15(19)18-9-11(2)20-12(3)10-18/h5,7-8,11-12H,4,6,9-10H2,1-3H3,(H,16,17). The number of hydrogen-bond acceptors (Lipinski definition) is 4. The highest BCUT2D eigenvalue weighted by Gasteiger charge is 2.27. The van der Waals surface area contributed by atoms with Crippen LogP contribution in [-0.4, -0.2) is 47.6 Å². The summed E-state index contributed by atoms with van der Waals surface area (Å²) in [5, 5.41) is 3.27. The van der Waals surface area contributed by atoms with Gasteiger partial charge in [-0.15, -0.1) is 0 Å². The van der Waals surface area contributed by atoms with Crippen molar-refractivity contribution in [2.45, 2.75) is 39.4 Å². The van der Waals surface area contributed by atoms with E-state index in [1.807, 2.05) is 30.9 Å². The number of anilines is 1. The fourth-order valence-electron chi connectivity index (χ4n) is 2.43. The molecular formula is C15H23N3O2. The van der Waals surface area contributed by atoms with Gasteiger partial charge in [-0.2, -0.15) is 0 Å². The Morgan fingerprint density at radius 1 is 1.45 bits per heavy atom. The number of hydrogen-bond donors (Lipinski definition) is 1. The van der Waals surface area contributed by atoms with Crippen molar-refractivity contribution < 1.29 is 9.53 Å². The van der Waals surface area contributed by atoms with Crippen LogP contribution in [-0.2, 0) is 4.74 Å². The third kappa shape index (κ3) is 3.70. The van der Waals surface area contributed by atoms with Gasteiger partial charge in [0, 0.05) is 31.5 Å². The zero-order valence-corrected chi connectivity index (χ0v) is 12.4. The summed E-state index contributed by atoms with van der Waals surface area (Å²) in [5.74, 6) is -0.0212. The third-order valence-corrected chi connectivity index (χ3v) is 3.27. The first-order valence-electron chi connectivity index (χ1n) is 7.24. The molecule has 1 amide bonds. The normalized spacial score (nSPS) is 22.6. The van der Waals surface area contributed by atoms with E-state index in [1.54, 1.807) is 6.20 Å². The molecule has 0 radical (unpaired) electrons. The lowest BCUT2D eigenvalue weighted by Gasteiger charge is -2.35. The van der Waals surface area contributed by atoms with Gasteiger partial charge in [-0.1, -0.05) is 6.92 Å². The van der Waals surface area contributed by atoms with Gasteiger partial charge in [0.1, 0.15) is 5.69 Å². The summed E-state index contributed by atoms with van der Waals surface area (Å²) in [6, 6.07) is 3.71. The highest BCUT2D eigenvalue weighted by Crippen LogP contribution is 2.15. The van der Waals surface area contributed by atoms with Crippen molar-refractivity contribution in [2.24, 2.45) is 0 Å². The smallest absolute Gasteiger partial charge is 0.272 e. The lowest BCUT2D eigenvalue weighted by molar-refractivity contribution is -0.0587. The number of rotatable bonds is 4. The van der Waals surface area contributed by atoms with Crippen molar-refractivity contribution in [3.63, 3.8) is 0 Å². The van der Waals surface area contributed by atoms with Crippen LogP contribution in [0.3, 0.4) is 0 Å². The van der Waals surface area contributed by atoms with Gasteiger partial charge in [-0.05, 0) is 32.4 Å². The molecule has 5 heteroatoms. The quantitative estimate of drug-likeness (QED) is 0.916. The minimum absolute atomic E-state index is 0.0212. The third-order valence-electron chi connectivity index (χ3n) is 3.27. The number of carbonyl (C=O) groups excluding carboxylic acids is 1. The minimum atomic E-state index is -0.0212. The zero-order valence-electron chi connectivity index (χ0n) is 12.4. The summed E-state index contributed by atoms with van der Waals surface area (Å²) in [5.41, 5.74) is 1.44. The number of pyridine rings is 1. The molecule has 2 unspecified atom stereocenters. The Balaban J connectivity index is 2.08. The molecule has 5 nitrogen and oxygen atoms in total. The number of nitrogens with zero attached hydrogens (tertiary/aromatic N) is 2. The molecule has 110 valence electrons. The van der Waals surface area contributed by atoms with Gasteiger partial charge in [0.05, 0.1) is 12.2 Å². The molecular weight excluding hydrogens is 254 g/mol. The van der Waals surface area contributed by atoms with Crippen molar-refractivity contribution >= 4 is 11.6 Å². The Hall–Kier alpha value is -1.62. The van der Waals surface area contributed by atoms with Crippen molar-refractivity contribution in [1.29, 1.82) is 0 Å². The van der Waals surface area contributed by atoms with E-state index in [0.717, 1.165) is 18.7 Å². The Bertz CT molecular complexity index is 454. The summed E-state index contributed by atoms with van der Waals surface area (Å²) >= 11 is 0. The Morgan fingerprint density at radius 3 is 2.80 bits per heavy atom. The SMILES string of the molecule is CCCNc1ccnc(C(=O)N2CC(C)OC(C)C2)c1. The van der Waals surface area contributed by atoms with Gasteiger partial charge in [-0.3, -0.25) is 9.78 Å². The van der Waals surface area contributed by atoms with Crippen LogP contribution in [0.25, 0.3) is 0 Å². The number of amides is 1. The van der Waals surface area contributed by atoms with Crippen molar-refractivity contribution in [3.8, 4) is 0 Å². The van der Waals surface area contributed by atoms with Crippen molar-refractivity contribution in [3.05, 3.63) is 24.0 Å². The average molecular weight is 277 g/mol. The maximum absolute atomic E-state index is 12.5. The van der Waals surface area contributed by atoms with Gasteiger partial charge in [0.15, 0.2) is 0 Å². The first-order valence-corrected chi connectivity index (χ1v) is 7.24. The molecule has 1 aliphatic rings.